The summed E-state index contributed by atoms with van der Waals surface area (Å²) < 4.78 is 6.38. The van der Waals surface area contributed by atoms with Crippen molar-refractivity contribution < 1.29 is 28.8 Å². The number of carbonyl (C=O) groups is 4. The first kappa shape index (κ1) is 27.4. The number of nitrogens with two attached hydrogens (primary N) is 1. The van der Waals surface area contributed by atoms with Crippen molar-refractivity contribution in [2.75, 3.05) is 10.8 Å². The number of hydrogen-bond donors (Lipinski definition) is 4. The topological polar surface area (TPSA) is 175 Å². The Kier molecular flexibility index (Phi) is 7.72. The number of carbonyl (C=O) groups excluding carboxylic acids is 4. The number of anilines is 2. The average Bonchev–Trinajstić information content (AvgIpc) is 3.07. The second-order valence-electron chi connectivity index (χ2n) is 8.88. The number of benzene rings is 3. The van der Waals surface area contributed by atoms with Gasteiger partial charge in [-0.05, 0) is 82.5 Å². The lowest BCUT2D eigenvalue weighted by Gasteiger charge is -2.12. The summed E-state index contributed by atoms with van der Waals surface area (Å²) in [5, 5.41) is 4.85. The van der Waals surface area contributed by atoms with E-state index in [1.165, 1.54) is 24.3 Å². The van der Waals surface area contributed by atoms with Gasteiger partial charge in [-0.3, -0.25) is 14.9 Å². The van der Waals surface area contributed by atoms with Gasteiger partial charge in [-0.1, -0.05) is 12.1 Å². The third kappa shape index (κ3) is 6.21. The van der Waals surface area contributed by atoms with Crippen LogP contribution in [0.2, 0.25) is 0 Å². The minimum absolute atomic E-state index is 0.157. The predicted molar refractivity (Wildman–Crippen MR) is 150 cm³/mol. The number of fused-ring (bicyclic) bond motifs is 2. The lowest BCUT2D eigenvalue weighted by Crippen LogP contribution is -2.34. The van der Waals surface area contributed by atoms with Gasteiger partial charge in [0.25, 0.3) is 5.91 Å². The van der Waals surface area contributed by atoms with Crippen LogP contribution >= 0.6 is 15.9 Å². The molecular formula is C28H21BrN6O6. The molecule has 1 aliphatic heterocycles. The SMILES string of the molecule is Cc1cc(NC(=O)NC(=O)c2ccc(C(=O)c3ccc4cc3C(N)C(=O)ON4)cc2)ccc1Oc1ncc(Br)cn1. The third-order valence-electron chi connectivity index (χ3n) is 6.02. The fraction of sp³-hybridized carbons (Fsp3) is 0.0714. The first-order valence-electron chi connectivity index (χ1n) is 12.1. The van der Waals surface area contributed by atoms with Gasteiger partial charge >= 0.3 is 18.0 Å². The maximum absolute atomic E-state index is 13.1. The van der Waals surface area contributed by atoms with Crippen LogP contribution in [0.5, 0.6) is 11.8 Å². The van der Waals surface area contributed by atoms with Crippen LogP contribution < -0.4 is 26.6 Å². The average molecular weight is 617 g/mol. The summed E-state index contributed by atoms with van der Waals surface area (Å²) in [5.74, 6) is -1.29. The Labute approximate surface area is 241 Å². The fourth-order valence-corrected chi connectivity index (χ4v) is 4.15. The highest BCUT2D eigenvalue weighted by Gasteiger charge is 2.27. The predicted octanol–water partition coefficient (Wildman–Crippen LogP) is 4.42. The molecule has 5 N–H and O–H groups in total. The molecule has 12 nitrogen and oxygen atoms in total. The smallest absolute Gasteiger partial charge is 0.353 e. The van der Waals surface area contributed by atoms with E-state index in [0.29, 0.717) is 32.7 Å². The molecule has 0 saturated heterocycles. The van der Waals surface area contributed by atoms with Crippen LogP contribution in [-0.2, 0) is 9.63 Å². The van der Waals surface area contributed by atoms with E-state index in [9.17, 15) is 19.2 Å². The molecule has 41 heavy (non-hydrogen) atoms. The van der Waals surface area contributed by atoms with Crippen molar-refractivity contribution in [1.29, 1.82) is 0 Å². The van der Waals surface area contributed by atoms with E-state index in [1.54, 1.807) is 55.7 Å². The van der Waals surface area contributed by atoms with Crippen LogP contribution in [0.25, 0.3) is 0 Å². The standard InChI is InChI=1S/C28H21BrN6O6/c1-14-10-18(7-9-22(14)40-28-31-12-17(29)13-32-28)33-27(39)34-25(37)16-4-2-15(3-5-16)24(36)20-8-6-19-11-21(20)23(30)26(38)41-35-19/h2-13,23,35H,30H2,1H3,(H2,33,34,37,39). The molecule has 0 radical (unpaired) electrons. The number of imide groups is 1. The molecule has 1 unspecified atom stereocenters. The molecule has 2 bridgehead atoms. The Balaban J connectivity index is 1.21. The molecular weight excluding hydrogens is 596 g/mol. The molecule has 3 amide bonds. The van der Waals surface area contributed by atoms with Crippen molar-refractivity contribution in [3.05, 3.63) is 105 Å². The van der Waals surface area contributed by atoms with E-state index >= 15 is 0 Å². The summed E-state index contributed by atoms with van der Waals surface area (Å²) >= 11 is 3.26. The summed E-state index contributed by atoms with van der Waals surface area (Å²) in [6.45, 7) is 1.78. The summed E-state index contributed by atoms with van der Waals surface area (Å²) in [6.07, 6.45) is 3.12. The van der Waals surface area contributed by atoms with Crippen molar-refractivity contribution in [1.82, 2.24) is 15.3 Å². The zero-order chi connectivity index (χ0) is 29.1. The molecule has 0 saturated carbocycles. The highest BCUT2D eigenvalue weighted by molar-refractivity contribution is 9.10. The number of hydrogen-bond acceptors (Lipinski definition) is 10. The summed E-state index contributed by atoms with van der Waals surface area (Å²) in [4.78, 5) is 63.2. The van der Waals surface area contributed by atoms with Gasteiger partial charge in [0, 0.05) is 34.8 Å². The zero-order valence-electron chi connectivity index (χ0n) is 21.3. The largest absolute Gasteiger partial charge is 0.424 e. The number of urea groups is 1. The second-order valence-corrected chi connectivity index (χ2v) is 9.80. The number of nitrogens with one attached hydrogen (secondary N) is 3. The first-order chi connectivity index (χ1) is 19.7. The maximum Gasteiger partial charge on any atom is 0.353 e. The van der Waals surface area contributed by atoms with Crippen molar-refractivity contribution in [2.24, 2.45) is 5.73 Å². The number of aromatic nitrogens is 2. The zero-order valence-corrected chi connectivity index (χ0v) is 22.9. The molecule has 0 aliphatic carbocycles. The number of rotatable bonds is 6. The van der Waals surface area contributed by atoms with Crippen molar-refractivity contribution in [3.63, 3.8) is 0 Å². The molecule has 1 atom stereocenters. The molecule has 1 aromatic heterocycles. The van der Waals surface area contributed by atoms with E-state index in [-0.39, 0.29) is 22.7 Å². The van der Waals surface area contributed by atoms with Crippen molar-refractivity contribution in [2.45, 2.75) is 13.0 Å². The quantitative estimate of drug-likeness (QED) is 0.227. The molecule has 5 rings (SSSR count). The lowest BCUT2D eigenvalue weighted by atomic mass is 9.93. The van der Waals surface area contributed by atoms with Crippen LogP contribution in [0.15, 0.2) is 77.5 Å². The van der Waals surface area contributed by atoms with Gasteiger partial charge in [0.1, 0.15) is 11.8 Å². The Morgan fingerprint density at radius 3 is 2.41 bits per heavy atom. The number of amides is 3. The van der Waals surface area contributed by atoms with E-state index in [4.69, 9.17) is 15.3 Å². The molecule has 13 heteroatoms. The van der Waals surface area contributed by atoms with E-state index < -0.39 is 29.7 Å². The van der Waals surface area contributed by atoms with Gasteiger partial charge < -0.3 is 20.6 Å². The van der Waals surface area contributed by atoms with Crippen LogP contribution in [-0.4, -0.2) is 33.7 Å². The van der Waals surface area contributed by atoms with Crippen molar-refractivity contribution in [3.8, 4) is 11.8 Å². The lowest BCUT2D eigenvalue weighted by molar-refractivity contribution is -0.142. The van der Waals surface area contributed by atoms with Crippen LogP contribution in [0.4, 0.5) is 16.2 Å². The highest BCUT2D eigenvalue weighted by atomic mass is 79.9. The molecule has 4 aromatic rings. The van der Waals surface area contributed by atoms with Gasteiger partial charge in [0.05, 0.1) is 10.2 Å². The summed E-state index contributed by atoms with van der Waals surface area (Å²) in [7, 11) is 0. The van der Waals surface area contributed by atoms with Gasteiger partial charge in [-0.25, -0.2) is 25.0 Å². The minimum Gasteiger partial charge on any atom is -0.424 e. The summed E-state index contributed by atoms with van der Waals surface area (Å²) in [6, 6.07) is 13.6. The monoisotopic (exact) mass is 616 g/mol. The van der Waals surface area contributed by atoms with Crippen LogP contribution in [0, 0.1) is 6.92 Å². The Bertz CT molecular complexity index is 1680. The van der Waals surface area contributed by atoms with Crippen LogP contribution in [0.3, 0.4) is 0 Å². The molecule has 0 fully saturated rings. The molecule has 2 heterocycles. The third-order valence-corrected chi connectivity index (χ3v) is 6.43. The highest BCUT2D eigenvalue weighted by Crippen LogP contribution is 2.28. The van der Waals surface area contributed by atoms with E-state index in [1.807, 2.05) is 0 Å². The number of ether oxygens (including phenoxy) is 1. The van der Waals surface area contributed by atoms with Gasteiger partial charge in [-0.2, -0.15) is 0 Å². The Morgan fingerprint density at radius 1 is 1.00 bits per heavy atom. The first-order valence-corrected chi connectivity index (χ1v) is 12.9. The van der Waals surface area contributed by atoms with Crippen LogP contribution in [0.1, 0.15) is 43.4 Å². The van der Waals surface area contributed by atoms with Gasteiger partial charge in [0.15, 0.2) is 5.78 Å². The van der Waals surface area contributed by atoms with E-state index in [0.717, 1.165) is 0 Å². The Hall–Kier alpha value is -5.14. The summed E-state index contributed by atoms with van der Waals surface area (Å²) in [5.41, 5.74) is 11.0. The molecule has 3 aromatic carbocycles. The normalized spacial score (nSPS) is 13.7. The second kappa shape index (κ2) is 11.5. The number of ketones is 1. The molecule has 0 spiro atoms. The number of nitrogens with zero attached hydrogens (tertiary/aromatic N) is 2. The fourth-order valence-electron chi connectivity index (χ4n) is 3.95. The van der Waals surface area contributed by atoms with Gasteiger partial charge in [0.2, 0.25) is 0 Å². The minimum atomic E-state index is -1.14. The van der Waals surface area contributed by atoms with Crippen molar-refractivity contribution >= 4 is 51.0 Å². The molecule has 1 aliphatic rings. The molecule has 206 valence electrons. The number of aryl methyl sites for hydroxylation is 1. The maximum atomic E-state index is 13.1. The van der Waals surface area contributed by atoms with Gasteiger partial charge in [-0.15, -0.1) is 0 Å². The Morgan fingerprint density at radius 2 is 1.71 bits per heavy atom. The number of halogens is 1. The van der Waals surface area contributed by atoms with E-state index in [2.05, 4.69) is 42.0 Å².